The van der Waals surface area contributed by atoms with Crippen LogP contribution in [0.1, 0.15) is 48.2 Å². The van der Waals surface area contributed by atoms with Crippen molar-refractivity contribution >= 4 is 23.2 Å². The van der Waals surface area contributed by atoms with Crippen LogP contribution in [0, 0.1) is 13.8 Å². The molecule has 0 aliphatic heterocycles. The predicted octanol–water partition coefficient (Wildman–Crippen LogP) is 4.62. The summed E-state index contributed by atoms with van der Waals surface area (Å²) in [6, 6.07) is 13.3. The molecule has 0 fully saturated rings. The first kappa shape index (κ1) is 21.5. The number of carbonyl (C=O) groups is 2. The monoisotopic (exact) mass is 381 g/mol. The summed E-state index contributed by atoms with van der Waals surface area (Å²) in [5.74, 6) is -0.0868. The molecule has 0 heterocycles. The largest absolute Gasteiger partial charge is 0.376 e. The van der Waals surface area contributed by atoms with Crippen molar-refractivity contribution in [1.82, 2.24) is 4.90 Å². The third kappa shape index (κ3) is 6.12. The van der Waals surface area contributed by atoms with Gasteiger partial charge in [-0.15, -0.1) is 0 Å². The Balaban J connectivity index is 1.99. The second-order valence-electron chi connectivity index (χ2n) is 7.09. The van der Waals surface area contributed by atoms with Crippen LogP contribution in [0.15, 0.2) is 42.5 Å². The molecule has 5 nitrogen and oxygen atoms in total. The highest BCUT2D eigenvalue weighted by atomic mass is 16.2. The Labute approximate surface area is 168 Å². The van der Waals surface area contributed by atoms with E-state index in [9.17, 15) is 9.59 Å². The number of carbonyl (C=O) groups excluding carboxylic acids is 2. The van der Waals surface area contributed by atoms with Gasteiger partial charge in [-0.3, -0.25) is 9.59 Å². The lowest BCUT2D eigenvalue weighted by Crippen LogP contribution is -2.32. The number of hydrogen-bond donors (Lipinski definition) is 2. The van der Waals surface area contributed by atoms with E-state index in [0.717, 1.165) is 48.4 Å². The predicted molar refractivity (Wildman–Crippen MR) is 116 cm³/mol. The van der Waals surface area contributed by atoms with Crippen molar-refractivity contribution in [3.8, 4) is 0 Å². The highest BCUT2D eigenvalue weighted by Crippen LogP contribution is 2.17. The lowest BCUT2D eigenvalue weighted by atomic mass is 10.1. The van der Waals surface area contributed by atoms with Gasteiger partial charge in [0.2, 0.25) is 5.91 Å². The quantitative estimate of drug-likeness (QED) is 0.666. The standard InChI is InChI=1S/C23H31N3O2/c1-5-12-26(13-6-2)23(28)19-8-7-9-20(15-19)24-16-22(27)25-21-14-17(3)10-11-18(21)4/h7-11,14-15,24H,5-6,12-13,16H2,1-4H3,(H,25,27). The maximum absolute atomic E-state index is 12.7. The topological polar surface area (TPSA) is 61.4 Å². The van der Waals surface area contributed by atoms with Crippen molar-refractivity contribution in [2.24, 2.45) is 0 Å². The van der Waals surface area contributed by atoms with Crippen LogP contribution in [-0.4, -0.2) is 36.3 Å². The molecule has 2 amide bonds. The van der Waals surface area contributed by atoms with Gasteiger partial charge in [0.15, 0.2) is 0 Å². The normalized spacial score (nSPS) is 10.4. The first-order valence-corrected chi connectivity index (χ1v) is 9.95. The number of nitrogens with one attached hydrogen (secondary N) is 2. The van der Waals surface area contributed by atoms with Crippen LogP contribution in [0.4, 0.5) is 11.4 Å². The Bertz CT molecular complexity index is 811. The van der Waals surface area contributed by atoms with Crippen molar-refractivity contribution < 1.29 is 9.59 Å². The molecule has 150 valence electrons. The third-order valence-corrected chi connectivity index (χ3v) is 4.50. The molecule has 2 N–H and O–H groups in total. The fourth-order valence-electron chi connectivity index (χ4n) is 3.05. The van der Waals surface area contributed by atoms with Crippen LogP contribution in [0.2, 0.25) is 0 Å². The molecule has 0 aliphatic rings. The van der Waals surface area contributed by atoms with E-state index in [2.05, 4.69) is 24.5 Å². The molecule has 2 aromatic carbocycles. The van der Waals surface area contributed by atoms with Crippen LogP contribution in [-0.2, 0) is 4.79 Å². The van der Waals surface area contributed by atoms with Crippen LogP contribution in [0.5, 0.6) is 0 Å². The van der Waals surface area contributed by atoms with Crippen molar-refractivity contribution in [3.63, 3.8) is 0 Å². The number of nitrogens with zero attached hydrogens (tertiary/aromatic N) is 1. The van der Waals surface area contributed by atoms with E-state index in [0.29, 0.717) is 5.56 Å². The van der Waals surface area contributed by atoms with Crippen molar-refractivity contribution in [3.05, 3.63) is 59.2 Å². The number of hydrogen-bond acceptors (Lipinski definition) is 3. The molecule has 2 rings (SSSR count). The lowest BCUT2D eigenvalue weighted by Gasteiger charge is -2.21. The minimum absolute atomic E-state index is 0.0344. The van der Waals surface area contributed by atoms with Crippen molar-refractivity contribution in [2.75, 3.05) is 30.3 Å². The molecule has 2 aromatic rings. The Morgan fingerprint density at radius 1 is 0.964 bits per heavy atom. The summed E-state index contributed by atoms with van der Waals surface area (Å²) in [4.78, 5) is 26.9. The van der Waals surface area contributed by atoms with Crippen LogP contribution >= 0.6 is 0 Å². The second-order valence-corrected chi connectivity index (χ2v) is 7.09. The highest BCUT2D eigenvalue weighted by Gasteiger charge is 2.14. The van der Waals surface area contributed by atoms with Gasteiger partial charge in [-0.2, -0.15) is 0 Å². The molecule has 28 heavy (non-hydrogen) atoms. The van der Waals surface area contributed by atoms with Gasteiger partial charge in [-0.05, 0) is 62.1 Å². The van der Waals surface area contributed by atoms with Crippen LogP contribution in [0.25, 0.3) is 0 Å². The molecular weight excluding hydrogens is 350 g/mol. The van der Waals surface area contributed by atoms with E-state index >= 15 is 0 Å². The van der Waals surface area contributed by atoms with Gasteiger partial charge in [0.1, 0.15) is 0 Å². The van der Waals surface area contributed by atoms with Gasteiger partial charge in [0.05, 0.1) is 6.54 Å². The van der Waals surface area contributed by atoms with Gasteiger partial charge in [-0.25, -0.2) is 0 Å². The zero-order chi connectivity index (χ0) is 20.5. The average Bonchev–Trinajstić information content (AvgIpc) is 2.69. The second kappa shape index (κ2) is 10.5. The molecule has 0 bridgehead atoms. The van der Waals surface area contributed by atoms with E-state index in [1.807, 2.05) is 61.2 Å². The first-order chi connectivity index (χ1) is 13.4. The van der Waals surface area contributed by atoms with Gasteiger partial charge in [-0.1, -0.05) is 32.0 Å². The molecule has 0 saturated heterocycles. The highest BCUT2D eigenvalue weighted by molar-refractivity contribution is 5.96. The average molecular weight is 382 g/mol. The number of aryl methyl sites for hydroxylation is 2. The maximum atomic E-state index is 12.7. The zero-order valence-corrected chi connectivity index (χ0v) is 17.3. The summed E-state index contributed by atoms with van der Waals surface area (Å²) >= 11 is 0. The Morgan fingerprint density at radius 2 is 1.68 bits per heavy atom. The van der Waals surface area contributed by atoms with Crippen LogP contribution < -0.4 is 10.6 Å². The molecule has 0 saturated carbocycles. The van der Waals surface area contributed by atoms with Crippen LogP contribution in [0.3, 0.4) is 0 Å². The summed E-state index contributed by atoms with van der Waals surface area (Å²) in [5.41, 5.74) is 4.35. The van der Waals surface area contributed by atoms with Gasteiger partial charge >= 0.3 is 0 Å². The molecule has 0 radical (unpaired) electrons. The van der Waals surface area contributed by atoms with E-state index in [1.165, 1.54) is 0 Å². The van der Waals surface area contributed by atoms with Gasteiger partial charge in [0, 0.05) is 30.0 Å². The number of rotatable bonds is 9. The minimum atomic E-state index is -0.121. The lowest BCUT2D eigenvalue weighted by molar-refractivity contribution is -0.114. The molecular formula is C23H31N3O2. The first-order valence-electron chi connectivity index (χ1n) is 9.95. The number of anilines is 2. The number of benzene rings is 2. The summed E-state index contributed by atoms with van der Waals surface area (Å²) in [7, 11) is 0. The van der Waals surface area contributed by atoms with E-state index < -0.39 is 0 Å². The maximum Gasteiger partial charge on any atom is 0.253 e. The van der Waals surface area contributed by atoms with E-state index in [4.69, 9.17) is 0 Å². The van der Waals surface area contributed by atoms with Gasteiger partial charge < -0.3 is 15.5 Å². The summed E-state index contributed by atoms with van der Waals surface area (Å²) < 4.78 is 0. The van der Waals surface area contributed by atoms with E-state index in [1.54, 1.807) is 0 Å². The molecule has 0 spiro atoms. The Kier molecular flexibility index (Phi) is 8.05. The molecule has 0 aromatic heterocycles. The molecule has 0 aliphatic carbocycles. The fourth-order valence-corrected chi connectivity index (χ4v) is 3.05. The van der Waals surface area contributed by atoms with Crippen molar-refractivity contribution in [2.45, 2.75) is 40.5 Å². The number of amides is 2. The minimum Gasteiger partial charge on any atom is -0.376 e. The summed E-state index contributed by atoms with van der Waals surface area (Å²) in [6.45, 7) is 9.75. The van der Waals surface area contributed by atoms with Gasteiger partial charge in [0.25, 0.3) is 5.91 Å². The SMILES string of the molecule is CCCN(CCC)C(=O)c1cccc(NCC(=O)Nc2cc(C)ccc2C)c1. The zero-order valence-electron chi connectivity index (χ0n) is 17.3. The summed E-state index contributed by atoms with van der Waals surface area (Å²) in [5, 5.41) is 6.05. The Morgan fingerprint density at radius 3 is 2.36 bits per heavy atom. The molecule has 0 unspecified atom stereocenters. The third-order valence-electron chi connectivity index (χ3n) is 4.50. The van der Waals surface area contributed by atoms with Crippen molar-refractivity contribution in [1.29, 1.82) is 0 Å². The molecule has 5 heteroatoms. The fraction of sp³-hybridized carbons (Fsp3) is 0.391. The Hall–Kier alpha value is -2.82. The summed E-state index contributed by atoms with van der Waals surface area (Å²) in [6.07, 6.45) is 1.87. The van der Waals surface area contributed by atoms with E-state index in [-0.39, 0.29) is 18.4 Å². The smallest absolute Gasteiger partial charge is 0.253 e. The molecule has 0 atom stereocenters.